The molecular formula is C17H18N6O2S. The highest BCUT2D eigenvalue weighted by Crippen LogP contribution is 2.19. The Balaban J connectivity index is 1.70. The molecule has 0 spiro atoms. The standard InChI is InChI=1S/C17H18N6O2S/c1-9-4-6-12(7-5-9)20-17-22-13(21-16(18)23-17)8-25-15(24)14-10(2)19-11(3)26-14/h4-7H,8H2,1-3H3,(H3,18,20,21,22,23). The number of aryl methyl sites for hydroxylation is 3. The van der Waals surface area contributed by atoms with E-state index in [2.05, 4.69) is 25.3 Å². The van der Waals surface area contributed by atoms with Crippen molar-refractivity contribution in [1.29, 1.82) is 0 Å². The maximum Gasteiger partial charge on any atom is 0.350 e. The lowest BCUT2D eigenvalue weighted by atomic mass is 10.2. The first-order chi connectivity index (χ1) is 12.4. The summed E-state index contributed by atoms with van der Waals surface area (Å²) in [4.78, 5) is 29.2. The topological polar surface area (TPSA) is 116 Å². The van der Waals surface area contributed by atoms with Gasteiger partial charge in [0.2, 0.25) is 11.9 Å². The molecule has 0 saturated carbocycles. The van der Waals surface area contributed by atoms with E-state index >= 15 is 0 Å². The molecule has 0 bridgehead atoms. The number of nitrogens with zero attached hydrogens (tertiary/aromatic N) is 4. The van der Waals surface area contributed by atoms with Gasteiger partial charge in [-0.15, -0.1) is 11.3 Å². The third-order valence-corrected chi connectivity index (χ3v) is 4.48. The molecule has 0 saturated heterocycles. The van der Waals surface area contributed by atoms with E-state index in [0.29, 0.717) is 10.6 Å². The van der Waals surface area contributed by atoms with Crippen LogP contribution in [0.1, 0.15) is 31.8 Å². The van der Waals surface area contributed by atoms with Gasteiger partial charge in [0.25, 0.3) is 0 Å². The zero-order valence-electron chi connectivity index (χ0n) is 14.6. The van der Waals surface area contributed by atoms with E-state index < -0.39 is 5.97 Å². The number of carbonyl (C=O) groups is 1. The highest BCUT2D eigenvalue weighted by atomic mass is 32.1. The number of hydrogen-bond donors (Lipinski definition) is 2. The zero-order chi connectivity index (χ0) is 18.7. The van der Waals surface area contributed by atoms with Crippen LogP contribution in [-0.4, -0.2) is 25.9 Å². The number of benzene rings is 1. The maximum absolute atomic E-state index is 12.2. The summed E-state index contributed by atoms with van der Waals surface area (Å²) in [5.41, 5.74) is 8.34. The number of esters is 1. The number of aromatic nitrogens is 4. The molecule has 3 N–H and O–H groups in total. The summed E-state index contributed by atoms with van der Waals surface area (Å²) in [5.74, 6) is 0.141. The van der Waals surface area contributed by atoms with E-state index in [1.807, 2.05) is 38.1 Å². The van der Waals surface area contributed by atoms with Crippen LogP contribution in [-0.2, 0) is 11.3 Å². The van der Waals surface area contributed by atoms with Crippen molar-refractivity contribution in [2.75, 3.05) is 11.1 Å². The lowest BCUT2D eigenvalue weighted by molar-refractivity contribution is 0.0467. The first-order valence-corrected chi connectivity index (χ1v) is 8.67. The minimum Gasteiger partial charge on any atom is -0.453 e. The van der Waals surface area contributed by atoms with Crippen LogP contribution in [0.4, 0.5) is 17.6 Å². The van der Waals surface area contributed by atoms with Crippen LogP contribution in [0.15, 0.2) is 24.3 Å². The number of ether oxygens (including phenoxy) is 1. The second-order valence-corrected chi connectivity index (χ2v) is 6.85. The first kappa shape index (κ1) is 17.7. The molecule has 0 aliphatic rings. The number of hydrogen-bond acceptors (Lipinski definition) is 9. The number of nitrogens with two attached hydrogens (primary N) is 1. The molecule has 26 heavy (non-hydrogen) atoms. The summed E-state index contributed by atoms with van der Waals surface area (Å²) < 4.78 is 5.28. The summed E-state index contributed by atoms with van der Waals surface area (Å²) in [6.07, 6.45) is 0. The van der Waals surface area contributed by atoms with E-state index in [1.165, 1.54) is 11.3 Å². The smallest absolute Gasteiger partial charge is 0.350 e. The van der Waals surface area contributed by atoms with Crippen LogP contribution in [0, 0.1) is 20.8 Å². The van der Waals surface area contributed by atoms with Crippen molar-refractivity contribution in [2.24, 2.45) is 0 Å². The fraction of sp³-hybridized carbons (Fsp3) is 0.235. The van der Waals surface area contributed by atoms with Crippen LogP contribution in [0.2, 0.25) is 0 Å². The molecule has 0 unspecified atom stereocenters. The van der Waals surface area contributed by atoms with E-state index in [9.17, 15) is 4.79 Å². The first-order valence-electron chi connectivity index (χ1n) is 7.86. The Labute approximate surface area is 154 Å². The number of rotatable bonds is 5. The molecule has 2 heterocycles. The molecule has 8 nitrogen and oxygen atoms in total. The quantitative estimate of drug-likeness (QED) is 0.659. The monoisotopic (exact) mass is 370 g/mol. The van der Waals surface area contributed by atoms with E-state index in [0.717, 1.165) is 16.3 Å². The van der Waals surface area contributed by atoms with E-state index in [4.69, 9.17) is 10.5 Å². The third kappa shape index (κ3) is 4.31. The van der Waals surface area contributed by atoms with Crippen molar-refractivity contribution < 1.29 is 9.53 Å². The second-order valence-electron chi connectivity index (χ2n) is 5.65. The van der Waals surface area contributed by atoms with Crippen LogP contribution in [0.25, 0.3) is 0 Å². The van der Waals surface area contributed by atoms with Crippen LogP contribution in [0.3, 0.4) is 0 Å². The fourth-order valence-electron chi connectivity index (χ4n) is 2.24. The molecule has 9 heteroatoms. The highest BCUT2D eigenvalue weighted by molar-refractivity contribution is 7.13. The van der Waals surface area contributed by atoms with Gasteiger partial charge in [0, 0.05) is 5.69 Å². The molecule has 0 amide bonds. The van der Waals surface area contributed by atoms with Gasteiger partial charge in [-0.05, 0) is 32.9 Å². The molecule has 0 aliphatic carbocycles. The predicted octanol–water partition coefficient (Wildman–Crippen LogP) is 2.94. The Morgan fingerprint density at radius 3 is 2.50 bits per heavy atom. The van der Waals surface area contributed by atoms with Crippen molar-refractivity contribution in [3.63, 3.8) is 0 Å². The lowest BCUT2D eigenvalue weighted by Gasteiger charge is -2.08. The van der Waals surface area contributed by atoms with Gasteiger partial charge in [0.15, 0.2) is 12.4 Å². The maximum atomic E-state index is 12.2. The van der Waals surface area contributed by atoms with Gasteiger partial charge in [-0.1, -0.05) is 17.7 Å². The number of nitrogen functional groups attached to an aromatic ring is 1. The Hall–Kier alpha value is -3.07. The van der Waals surface area contributed by atoms with Gasteiger partial charge >= 0.3 is 5.97 Å². The van der Waals surface area contributed by atoms with Crippen molar-refractivity contribution >= 4 is 34.9 Å². The molecular weight excluding hydrogens is 352 g/mol. The summed E-state index contributed by atoms with van der Waals surface area (Å²) in [6.45, 7) is 5.50. The van der Waals surface area contributed by atoms with Gasteiger partial charge in [-0.25, -0.2) is 9.78 Å². The van der Waals surface area contributed by atoms with Crippen molar-refractivity contribution in [2.45, 2.75) is 27.4 Å². The second kappa shape index (κ2) is 7.44. The molecule has 3 aromatic rings. The Morgan fingerprint density at radius 2 is 1.85 bits per heavy atom. The molecule has 134 valence electrons. The zero-order valence-corrected chi connectivity index (χ0v) is 15.4. The van der Waals surface area contributed by atoms with Gasteiger partial charge in [-0.3, -0.25) is 0 Å². The fourth-order valence-corrected chi connectivity index (χ4v) is 3.05. The number of nitrogens with one attached hydrogen (secondary N) is 1. The average Bonchev–Trinajstić information content (AvgIpc) is 2.93. The Bertz CT molecular complexity index is 939. The molecule has 1 aromatic carbocycles. The van der Waals surface area contributed by atoms with Gasteiger partial charge < -0.3 is 15.8 Å². The van der Waals surface area contributed by atoms with Gasteiger partial charge in [-0.2, -0.15) is 15.0 Å². The van der Waals surface area contributed by atoms with Crippen molar-refractivity contribution in [3.05, 3.63) is 51.2 Å². The molecule has 3 rings (SSSR count). The van der Waals surface area contributed by atoms with E-state index in [1.54, 1.807) is 6.92 Å². The van der Waals surface area contributed by atoms with Gasteiger partial charge in [0.1, 0.15) is 4.88 Å². The SMILES string of the molecule is Cc1ccc(Nc2nc(N)nc(COC(=O)c3sc(C)nc3C)n2)cc1. The van der Waals surface area contributed by atoms with Gasteiger partial charge in [0.05, 0.1) is 10.7 Å². The largest absolute Gasteiger partial charge is 0.453 e. The lowest BCUT2D eigenvalue weighted by Crippen LogP contribution is -2.11. The molecule has 0 fully saturated rings. The summed E-state index contributed by atoms with van der Waals surface area (Å²) in [6, 6.07) is 7.75. The number of anilines is 3. The normalized spacial score (nSPS) is 10.6. The summed E-state index contributed by atoms with van der Waals surface area (Å²) >= 11 is 1.29. The third-order valence-electron chi connectivity index (χ3n) is 3.43. The minimum atomic E-state index is -0.458. The molecule has 0 aliphatic heterocycles. The Morgan fingerprint density at radius 1 is 1.12 bits per heavy atom. The van der Waals surface area contributed by atoms with Crippen LogP contribution < -0.4 is 11.1 Å². The molecule has 2 aromatic heterocycles. The highest BCUT2D eigenvalue weighted by Gasteiger charge is 2.16. The molecule has 0 atom stereocenters. The number of thiazole rings is 1. The summed E-state index contributed by atoms with van der Waals surface area (Å²) in [5, 5.41) is 3.86. The number of carbonyl (C=O) groups excluding carboxylic acids is 1. The minimum absolute atomic E-state index is 0.0467. The van der Waals surface area contributed by atoms with Crippen LogP contribution in [0.5, 0.6) is 0 Å². The van der Waals surface area contributed by atoms with Crippen molar-refractivity contribution in [1.82, 2.24) is 19.9 Å². The predicted molar refractivity (Wildman–Crippen MR) is 99.4 cm³/mol. The Kier molecular flexibility index (Phi) is 5.08. The van der Waals surface area contributed by atoms with Crippen molar-refractivity contribution in [3.8, 4) is 0 Å². The average molecular weight is 370 g/mol. The van der Waals surface area contributed by atoms with Crippen LogP contribution >= 0.6 is 11.3 Å². The van der Waals surface area contributed by atoms with E-state index in [-0.39, 0.29) is 24.3 Å². The molecule has 0 radical (unpaired) electrons. The summed E-state index contributed by atoms with van der Waals surface area (Å²) in [7, 11) is 0.